The van der Waals surface area contributed by atoms with Gasteiger partial charge in [-0.2, -0.15) is 0 Å². The molecular formula is C22H22O8. The molecule has 1 fully saturated rings. The van der Waals surface area contributed by atoms with E-state index < -0.39 is 29.3 Å². The van der Waals surface area contributed by atoms with Crippen LogP contribution in [0.25, 0.3) is 0 Å². The number of rotatable bonds is 5. The SMILES string of the molecule is CC1(c2ccc(C(=O)O)c(C(=O)O)c2)CC(C)(C)C2CC(C(=O)O)=C(C(=O)O)C=C21. The smallest absolute Gasteiger partial charge is 0.336 e. The summed E-state index contributed by atoms with van der Waals surface area (Å²) in [4.78, 5) is 46.4. The zero-order valence-electron chi connectivity index (χ0n) is 16.7. The maximum Gasteiger partial charge on any atom is 0.336 e. The van der Waals surface area contributed by atoms with Crippen molar-refractivity contribution in [1.29, 1.82) is 0 Å². The largest absolute Gasteiger partial charge is 0.478 e. The Kier molecular flexibility index (Phi) is 4.85. The molecule has 0 radical (unpaired) electrons. The summed E-state index contributed by atoms with van der Waals surface area (Å²) in [6, 6.07) is 4.11. The molecule has 30 heavy (non-hydrogen) atoms. The lowest BCUT2D eigenvalue weighted by Gasteiger charge is -2.32. The lowest BCUT2D eigenvalue weighted by atomic mass is 9.71. The molecule has 8 heteroatoms. The van der Waals surface area contributed by atoms with Crippen LogP contribution in [0.4, 0.5) is 0 Å². The van der Waals surface area contributed by atoms with Gasteiger partial charge in [-0.25, -0.2) is 19.2 Å². The molecule has 0 amide bonds. The van der Waals surface area contributed by atoms with Gasteiger partial charge in [-0.15, -0.1) is 0 Å². The third-order valence-electron chi connectivity index (χ3n) is 6.40. The van der Waals surface area contributed by atoms with Gasteiger partial charge in [0.05, 0.1) is 22.3 Å². The van der Waals surface area contributed by atoms with E-state index >= 15 is 0 Å². The van der Waals surface area contributed by atoms with Crippen molar-refractivity contribution in [2.75, 3.05) is 0 Å². The Bertz CT molecular complexity index is 1060. The molecular weight excluding hydrogens is 392 g/mol. The van der Waals surface area contributed by atoms with Gasteiger partial charge in [-0.1, -0.05) is 32.4 Å². The number of fused-ring (bicyclic) bond motifs is 1. The number of hydrogen-bond acceptors (Lipinski definition) is 4. The number of hydrogen-bond donors (Lipinski definition) is 4. The van der Waals surface area contributed by atoms with Crippen molar-refractivity contribution in [2.24, 2.45) is 11.3 Å². The summed E-state index contributed by atoms with van der Waals surface area (Å²) >= 11 is 0. The third kappa shape index (κ3) is 3.18. The fraction of sp³-hybridized carbons (Fsp3) is 0.364. The van der Waals surface area contributed by atoms with E-state index in [2.05, 4.69) is 0 Å². The molecule has 4 N–H and O–H groups in total. The van der Waals surface area contributed by atoms with Crippen LogP contribution in [0.1, 0.15) is 59.9 Å². The fourth-order valence-electron chi connectivity index (χ4n) is 5.06. The normalized spacial score (nSPS) is 24.8. The quantitative estimate of drug-likeness (QED) is 0.574. The monoisotopic (exact) mass is 414 g/mol. The Balaban J connectivity index is 2.25. The van der Waals surface area contributed by atoms with Crippen LogP contribution < -0.4 is 0 Å². The lowest BCUT2D eigenvalue weighted by Crippen LogP contribution is -2.27. The zero-order chi connectivity index (χ0) is 22.6. The second kappa shape index (κ2) is 6.83. The van der Waals surface area contributed by atoms with Gasteiger partial charge in [0.1, 0.15) is 0 Å². The van der Waals surface area contributed by atoms with Gasteiger partial charge >= 0.3 is 23.9 Å². The van der Waals surface area contributed by atoms with Gasteiger partial charge in [-0.3, -0.25) is 0 Å². The van der Waals surface area contributed by atoms with Crippen molar-refractivity contribution < 1.29 is 39.6 Å². The molecule has 0 heterocycles. The molecule has 2 aliphatic rings. The minimum atomic E-state index is -1.37. The summed E-state index contributed by atoms with van der Waals surface area (Å²) in [5.74, 6) is -5.58. The predicted octanol–water partition coefficient (Wildman–Crippen LogP) is 3.18. The second-order valence-corrected chi connectivity index (χ2v) is 8.73. The molecule has 0 saturated heterocycles. The third-order valence-corrected chi connectivity index (χ3v) is 6.40. The maximum atomic E-state index is 11.7. The number of carboxylic acids is 4. The first-order valence-electron chi connectivity index (χ1n) is 9.32. The Morgan fingerprint density at radius 3 is 1.97 bits per heavy atom. The number of allylic oxidation sites excluding steroid dienone is 1. The molecule has 0 aromatic heterocycles. The number of carboxylic acid groups (broad SMARTS) is 4. The Hall–Kier alpha value is -3.42. The molecule has 0 spiro atoms. The molecule has 158 valence electrons. The van der Waals surface area contributed by atoms with E-state index in [9.17, 15) is 39.6 Å². The van der Waals surface area contributed by atoms with Crippen molar-refractivity contribution in [3.8, 4) is 0 Å². The fourth-order valence-corrected chi connectivity index (χ4v) is 5.06. The van der Waals surface area contributed by atoms with E-state index in [1.54, 1.807) is 6.07 Å². The average Bonchev–Trinajstić information content (AvgIpc) is 2.86. The van der Waals surface area contributed by atoms with E-state index in [1.807, 2.05) is 20.8 Å². The molecule has 8 nitrogen and oxygen atoms in total. The number of benzene rings is 1. The minimum Gasteiger partial charge on any atom is -0.478 e. The van der Waals surface area contributed by atoms with E-state index in [0.717, 1.165) is 0 Å². The Morgan fingerprint density at radius 2 is 1.47 bits per heavy atom. The maximum absolute atomic E-state index is 11.7. The van der Waals surface area contributed by atoms with Gasteiger partial charge < -0.3 is 20.4 Å². The van der Waals surface area contributed by atoms with Gasteiger partial charge in [0.25, 0.3) is 0 Å². The number of aliphatic carboxylic acids is 2. The first-order chi connectivity index (χ1) is 13.8. The molecule has 1 aromatic rings. The van der Waals surface area contributed by atoms with Crippen LogP contribution in [-0.2, 0) is 15.0 Å². The van der Waals surface area contributed by atoms with Crippen molar-refractivity contribution in [1.82, 2.24) is 0 Å². The second-order valence-electron chi connectivity index (χ2n) is 8.73. The highest BCUT2D eigenvalue weighted by Gasteiger charge is 2.54. The van der Waals surface area contributed by atoms with Crippen LogP contribution in [0.3, 0.4) is 0 Å². The zero-order valence-corrected chi connectivity index (χ0v) is 16.7. The van der Waals surface area contributed by atoms with Gasteiger partial charge in [0.2, 0.25) is 0 Å². The molecule has 3 rings (SSSR count). The summed E-state index contributed by atoms with van der Waals surface area (Å²) in [6.45, 7) is 5.78. The number of carbonyl (C=O) groups is 4. The molecule has 0 bridgehead atoms. The van der Waals surface area contributed by atoms with Crippen LogP contribution in [0.5, 0.6) is 0 Å². The average molecular weight is 414 g/mol. The molecule has 1 saturated carbocycles. The molecule has 1 aromatic carbocycles. The Labute approximate surface area is 172 Å². The highest BCUT2D eigenvalue weighted by molar-refractivity contribution is 6.03. The van der Waals surface area contributed by atoms with Crippen LogP contribution >= 0.6 is 0 Å². The van der Waals surface area contributed by atoms with Crippen molar-refractivity contribution in [3.05, 3.63) is 57.7 Å². The van der Waals surface area contributed by atoms with E-state index in [4.69, 9.17) is 0 Å². The first-order valence-corrected chi connectivity index (χ1v) is 9.32. The molecule has 2 unspecified atom stereocenters. The van der Waals surface area contributed by atoms with Crippen molar-refractivity contribution in [3.63, 3.8) is 0 Å². The van der Waals surface area contributed by atoms with Crippen LogP contribution in [-0.4, -0.2) is 44.3 Å². The standard InChI is InChI=1S/C22H22O8/c1-21(2)9-22(3,10-4-5-11(17(23)24)12(6-10)18(25)26)16-8-14(20(29)30)13(19(27)28)7-15(16)21/h4-6,8,15H,7,9H2,1-3H3,(H,23,24)(H,25,26)(H,27,28)(H,29,30). The van der Waals surface area contributed by atoms with Gasteiger partial charge in [-0.05, 0) is 47.9 Å². The van der Waals surface area contributed by atoms with Gasteiger partial charge in [0, 0.05) is 5.41 Å². The Morgan fingerprint density at radius 1 is 0.867 bits per heavy atom. The summed E-state index contributed by atoms with van der Waals surface area (Å²) in [5.41, 5.74) is -1.01. The van der Waals surface area contributed by atoms with E-state index in [0.29, 0.717) is 17.6 Å². The topological polar surface area (TPSA) is 149 Å². The number of aromatic carboxylic acids is 2. The van der Waals surface area contributed by atoms with Gasteiger partial charge in [0.15, 0.2) is 0 Å². The molecule has 2 aliphatic carbocycles. The minimum absolute atomic E-state index is 0.0599. The highest BCUT2D eigenvalue weighted by atomic mass is 16.4. The van der Waals surface area contributed by atoms with Crippen molar-refractivity contribution in [2.45, 2.75) is 39.0 Å². The summed E-state index contributed by atoms with van der Waals surface area (Å²) in [5, 5.41) is 37.8. The summed E-state index contributed by atoms with van der Waals surface area (Å²) in [7, 11) is 0. The molecule has 0 aliphatic heterocycles. The van der Waals surface area contributed by atoms with E-state index in [-0.39, 0.29) is 40.0 Å². The van der Waals surface area contributed by atoms with E-state index in [1.165, 1.54) is 18.2 Å². The van der Waals surface area contributed by atoms with Crippen LogP contribution in [0, 0.1) is 11.3 Å². The summed E-state index contributed by atoms with van der Waals surface area (Å²) < 4.78 is 0. The first kappa shape index (κ1) is 21.3. The molecule has 2 atom stereocenters. The lowest BCUT2D eigenvalue weighted by molar-refractivity contribution is -0.136. The van der Waals surface area contributed by atoms with Crippen molar-refractivity contribution >= 4 is 23.9 Å². The van der Waals surface area contributed by atoms with Crippen LogP contribution in [0.15, 0.2) is 41.0 Å². The van der Waals surface area contributed by atoms with Crippen LogP contribution in [0.2, 0.25) is 0 Å². The summed E-state index contributed by atoms with van der Waals surface area (Å²) in [6.07, 6.45) is 1.98. The predicted molar refractivity (Wildman–Crippen MR) is 105 cm³/mol. The highest BCUT2D eigenvalue weighted by Crippen LogP contribution is 2.61.